The van der Waals surface area contributed by atoms with Crippen molar-refractivity contribution in [2.24, 2.45) is 5.92 Å². The Morgan fingerprint density at radius 3 is 2.07 bits per heavy atom. The van der Waals surface area contributed by atoms with E-state index in [9.17, 15) is 30.0 Å². The van der Waals surface area contributed by atoms with Crippen LogP contribution in [0, 0.1) is 5.92 Å². The number of amides is 2. The van der Waals surface area contributed by atoms with Crippen LogP contribution in [0.3, 0.4) is 0 Å². The highest BCUT2D eigenvalue weighted by atomic mass is 16.6. The zero-order valence-electron chi connectivity index (χ0n) is 24.2. The van der Waals surface area contributed by atoms with Gasteiger partial charge in [-0.1, -0.05) is 48.5 Å². The molecule has 0 heterocycles. The van der Waals surface area contributed by atoms with Crippen molar-refractivity contribution < 1.29 is 34.8 Å². The summed E-state index contributed by atoms with van der Waals surface area (Å²) in [6, 6.07) is 19.1. The van der Waals surface area contributed by atoms with Gasteiger partial charge in [0, 0.05) is 12.3 Å². The molecule has 0 spiro atoms. The Bertz CT molecular complexity index is 1350. The minimum atomic E-state index is -1.15. The van der Waals surface area contributed by atoms with Gasteiger partial charge in [-0.25, -0.2) is 4.79 Å². The fourth-order valence-corrected chi connectivity index (χ4v) is 5.30. The van der Waals surface area contributed by atoms with Crippen molar-refractivity contribution in [2.45, 2.75) is 76.3 Å². The van der Waals surface area contributed by atoms with Crippen LogP contribution < -0.4 is 10.6 Å². The first kappa shape index (κ1) is 30.9. The van der Waals surface area contributed by atoms with E-state index in [-0.39, 0.29) is 36.7 Å². The standard InChI is InChI=1S/C33H40N2O7/c1-33(2,3)42-32(41)34-27(17-21-10-14-25(37)15-11-21)28(38)19-23(16-20-8-12-24(36)13-9-20)31(40)35-30-26-7-5-4-6-22(26)18-29(30)39/h4-15,23,27-30,36-39H,16-19H2,1-3H3,(H,34,41)(H,35,40)/t23-,27-,28-,29+,30-/m0/s1. The Labute approximate surface area is 246 Å². The molecule has 3 aromatic rings. The van der Waals surface area contributed by atoms with Crippen LogP contribution in [-0.4, -0.2) is 56.3 Å². The highest BCUT2D eigenvalue weighted by Crippen LogP contribution is 2.32. The van der Waals surface area contributed by atoms with Crippen LogP contribution in [0.15, 0.2) is 72.8 Å². The van der Waals surface area contributed by atoms with Crippen molar-refractivity contribution in [3.63, 3.8) is 0 Å². The average Bonchev–Trinajstić information content (AvgIpc) is 3.23. The molecule has 0 fully saturated rings. The number of phenols is 2. The van der Waals surface area contributed by atoms with E-state index in [2.05, 4.69) is 10.6 Å². The lowest BCUT2D eigenvalue weighted by Crippen LogP contribution is -2.48. The average molecular weight is 577 g/mol. The number of nitrogens with one attached hydrogen (secondary N) is 2. The van der Waals surface area contributed by atoms with E-state index in [4.69, 9.17) is 4.74 Å². The SMILES string of the molecule is CC(C)(C)OC(=O)N[C@@H](Cc1ccc(O)cc1)[C@@H](O)C[C@H](Cc1ccc(O)cc1)C(=O)N[C@H]1c2ccccc2C[C@H]1O. The molecule has 5 atom stereocenters. The number of aromatic hydroxyl groups is 2. The number of rotatable bonds is 10. The fraction of sp³-hybridized carbons (Fsp3) is 0.394. The first-order valence-electron chi connectivity index (χ1n) is 14.2. The number of alkyl carbamates (subject to hydrolysis) is 1. The van der Waals surface area contributed by atoms with Crippen molar-refractivity contribution in [2.75, 3.05) is 0 Å². The maximum Gasteiger partial charge on any atom is 0.407 e. The topological polar surface area (TPSA) is 148 Å². The molecule has 1 aliphatic rings. The zero-order chi connectivity index (χ0) is 30.4. The van der Waals surface area contributed by atoms with Crippen molar-refractivity contribution in [1.82, 2.24) is 10.6 Å². The predicted octanol–water partition coefficient (Wildman–Crippen LogP) is 3.92. The first-order valence-corrected chi connectivity index (χ1v) is 14.2. The lowest BCUT2D eigenvalue weighted by atomic mass is 9.88. The summed E-state index contributed by atoms with van der Waals surface area (Å²) >= 11 is 0. The highest BCUT2D eigenvalue weighted by Gasteiger charge is 2.35. The number of hydrogen-bond donors (Lipinski definition) is 6. The summed E-state index contributed by atoms with van der Waals surface area (Å²) in [6.45, 7) is 5.23. The molecule has 9 heteroatoms. The second-order valence-corrected chi connectivity index (χ2v) is 12.0. The third-order valence-corrected chi connectivity index (χ3v) is 7.38. The minimum Gasteiger partial charge on any atom is -0.508 e. The Balaban J connectivity index is 1.57. The summed E-state index contributed by atoms with van der Waals surface area (Å²) in [5.41, 5.74) is 2.62. The van der Waals surface area contributed by atoms with Crippen LogP contribution >= 0.6 is 0 Å². The van der Waals surface area contributed by atoms with E-state index in [0.29, 0.717) is 6.42 Å². The number of fused-ring (bicyclic) bond motifs is 1. The van der Waals surface area contributed by atoms with Crippen molar-refractivity contribution in [3.05, 3.63) is 95.1 Å². The van der Waals surface area contributed by atoms with E-state index < -0.39 is 41.9 Å². The molecule has 1 aliphatic carbocycles. The van der Waals surface area contributed by atoms with Gasteiger partial charge in [0.05, 0.1) is 24.3 Å². The predicted molar refractivity (Wildman–Crippen MR) is 158 cm³/mol. The largest absolute Gasteiger partial charge is 0.508 e. The number of carbonyl (C=O) groups excluding carboxylic acids is 2. The molecular weight excluding hydrogens is 536 g/mol. The second-order valence-electron chi connectivity index (χ2n) is 12.0. The van der Waals surface area contributed by atoms with Gasteiger partial charge < -0.3 is 35.8 Å². The summed E-state index contributed by atoms with van der Waals surface area (Å²) in [5, 5.41) is 47.4. The van der Waals surface area contributed by atoms with Gasteiger partial charge in [-0.2, -0.15) is 0 Å². The van der Waals surface area contributed by atoms with Gasteiger partial charge in [-0.3, -0.25) is 4.79 Å². The molecule has 0 saturated carbocycles. The Morgan fingerprint density at radius 2 is 1.48 bits per heavy atom. The summed E-state index contributed by atoms with van der Waals surface area (Å²) < 4.78 is 5.44. The normalized spacial score (nSPS) is 18.4. The zero-order valence-corrected chi connectivity index (χ0v) is 24.2. The third kappa shape index (κ3) is 8.47. The smallest absolute Gasteiger partial charge is 0.407 e. The van der Waals surface area contributed by atoms with Gasteiger partial charge in [0.2, 0.25) is 5.91 Å². The third-order valence-electron chi connectivity index (χ3n) is 7.38. The van der Waals surface area contributed by atoms with Gasteiger partial charge in [0.15, 0.2) is 0 Å². The maximum absolute atomic E-state index is 13.8. The lowest BCUT2D eigenvalue weighted by molar-refractivity contribution is -0.127. The van der Waals surface area contributed by atoms with Crippen LogP contribution in [0.2, 0.25) is 0 Å². The van der Waals surface area contributed by atoms with Crippen molar-refractivity contribution in [1.29, 1.82) is 0 Å². The second kappa shape index (κ2) is 13.3. The molecule has 4 rings (SSSR count). The van der Waals surface area contributed by atoms with Gasteiger partial charge in [-0.15, -0.1) is 0 Å². The summed E-state index contributed by atoms with van der Waals surface area (Å²) in [7, 11) is 0. The van der Waals surface area contributed by atoms with Gasteiger partial charge in [0.1, 0.15) is 17.1 Å². The number of aliphatic hydroxyl groups excluding tert-OH is 2. The van der Waals surface area contributed by atoms with Gasteiger partial charge >= 0.3 is 6.09 Å². The fourth-order valence-electron chi connectivity index (χ4n) is 5.30. The van der Waals surface area contributed by atoms with E-state index in [0.717, 1.165) is 22.3 Å². The molecular formula is C33H40N2O7. The molecule has 3 aromatic carbocycles. The van der Waals surface area contributed by atoms with Crippen molar-refractivity contribution >= 4 is 12.0 Å². The molecule has 0 aromatic heterocycles. The monoisotopic (exact) mass is 576 g/mol. The Hall–Kier alpha value is -4.08. The number of carbonyl (C=O) groups is 2. The summed E-state index contributed by atoms with van der Waals surface area (Å²) in [5.74, 6) is -0.881. The lowest BCUT2D eigenvalue weighted by Gasteiger charge is -2.29. The van der Waals surface area contributed by atoms with Crippen LogP contribution in [0.25, 0.3) is 0 Å². The molecule has 0 unspecified atom stereocenters. The Morgan fingerprint density at radius 1 is 0.905 bits per heavy atom. The number of phenolic OH excluding ortho intramolecular Hbond substituents is 2. The van der Waals surface area contributed by atoms with E-state index in [1.54, 1.807) is 45.0 Å². The number of ether oxygens (including phenoxy) is 1. The summed E-state index contributed by atoms with van der Waals surface area (Å²) in [4.78, 5) is 26.5. The maximum atomic E-state index is 13.8. The van der Waals surface area contributed by atoms with Crippen molar-refractivity contribution in [3.8, 4) is 11.5 Å². The first-order chi connectivity index (χ1) is 19.9. The van der Waals surface area contributed by atoms with E-state index in [1.165, 1.54) is 24.3 Å². The van der Waals surface area contributed by atoms with Crippen LogP contribution in [-0.2, 0) is 28.8 Å². The molecule has 0 saturated heterocycles. The number of benzene rings is 3. The highest BCUT2D eigenvalue weighted by molar-refractivity contribution is 5.80. The molecule has 0 bridgehead atoms. The van der Waals surface area contributed by atoms with Crippen LogP contribution in [0.4, 0.5) is 4.79 Å². The molecule has 6 N–H and O–H groups in total. The summed E-state index contributed by atoms with van der Waals surface area (Å²) in [6.07, 6.45) is -1.72. The molecule has 42 heavy (non-hydrogen) atoms. The van der Waals surface area contributed by atoms with E-state index in [1.807, 2.05) is 24.3 Å². The minimum absolute atomic E-state index is 0.00425. The number of aliphatic hydroxyl groups is 2. The Kier molecular flexibility index (Phi) is 9.75. The molecule has 0 aliphatic heterocycles. The van der Waals surface area contributed by atoms with Gasteiger partial charge in [-0.05, 0) is 86.6 Å². The van der Waals surface area contributed by atoms with Crippen LogP contribution in [0.5, 0.6) is 11.5 Å². The van der Waals surface area contributed by atoms with Crippen LogP contribution in [0.1, 0.15) is 55.5 Å². The molecule has 224 valence electrons. The van der Waals surface area contributed by atoms with Gasteiger partial charge in [0.25, 0.3) is 0 Å². The number of hydrogen-bond acceptors (Lipinski definition) is 7. The molecule has 0 radical (unpaired) electrons. The molecule has 2 amide bonds. The quantitative estimate of drug-likeness (QED) is 0.214. The molecule has 9 nitrogen and oxygen atoms in total. The van der Waals surface area contributed by atoms with E-state index >= 15 is 0 Å².